The molecule has 0 unspecified atom stereocenters. The highest BCUT2D eigenvalue weighted by Gasteiger charge is 2.22. The van der Waals surface area contributed by atoms with E-state index in [1.165, 1.54) is 0 Å². The number of benzene rings is 2. The summed E-state index contributed by atoms with van der Waals surface area (Å²) in [6.07, 6.45) is 0.401. The predicted molar refractivity (Wildman–Crippen MR) is 84.5 cm³/mol. The smallest absolute Gasteiger partial charge is 0.328 e. The highest BCUT2D eigenvalue weighted by atomic mass is 16.6. The second-order valence-corrected chi connectivity index (χ2v) is 4.83. The van der Waals surface area contributed by atoms with Gasteiger partial charge in [-0.3, -0.25) is 4.79 Å². The Labute approximate surface area is 130 Å². The summed E-state index contributed by atoms with van der Waals surface area (Å²) in [6.45, 7) is 2.03. The number of carbonyl (C=O) groups is 2. The van der Waals surface area contributed by atoms with E-state index < -0.39 is 12.0 Å². The Morgan fingerprint density at radius 2 is 1.59 bits per heavy atom. The van der Waals surface area contributed by atoms with Gasteiger partial charge in [0.2, 0.25) is 0 Å². The largest absolute Gasteiger partial charge is 0.464 e. The van der Waals surface area contributed by atoms with Crippen LogP contribution in [0.5, 0.6) is 0 Å². The van der Waals surface area contributed by atoms with Gasteiger partial charge in [-0.1, -0.05) is 48.5 Å². The maximum absolute atomic E-state index is 12.2. The Hall–Kier alpha value is -2.62. The van der Waals surface area contributed by atoms with Crippen LogP contribution in [0.2, 0.25) is 0 Å². The Kier molecular flexibility index (Phi) is 5.72. The van der Waals surface area contributed by atoms with Gasteiger partial charge in [-0.05, 0) is 24.6 Å². The SMILES string of the molecule is CCO[13C](=O)[13C@H](Cc1ccccc1)[15NH]C(=O)c1ccccc1. The van der Waals surface area contributed by atoms with Gasteiger partial charge in [0.25, 0.3) is 5.91 Å². The van der Waals surface area contributed by atoms with Crippen LogP contribution in [0.3, 0.4) is 0 Å². The molecule has 22 heavy (non-hydrogen) atoms. The van der Waals surface area contributed by atoms with Gasteiger partial charge in [-0.15, -0.1) is 0 Å². The number of hydrogen-bond acceptors (Lipinski definition) is 3. The first-order chi connectivity index (χ1) is 10.7. The quantitative estimate of drug-likeness (QED) is 0.507. The molecule has 0 aromatic heterocycles. The zero-order chi connectivity index (χ0) is 15.8. The number of carbonyl (C=O) groups excluding carboxylic acids is 2. The van der Waals surface area contributed by atoms with Crippen LogP contribution in [-0.4, -0.2) is 24.5 Å². The van der Waals surface area contributed by atoms with Crippen LogP contribution in [0, 0.1) is 0 Å². The van der Waals surface area contributed by atoms with Crippen molar-refractivity contribution in [2.75, 3.05) is 6.61 Å². The first kappa shape index (κ1) is 15.8. The van der Waals surface area contributed by atoms with E-state index in [0.717, 1.165) is 5.56 Å². The minimum absolute atomic E-state index is 0.283. The van der Waals surface area contributed by atoms with Gasteiger partial charge < -0.3 is 10.1 Å². The van der Waals surface area contributed by atoms with Gasteiger partial charge in [-0.2, -0.15) is 0 Å². The third-order valence-electron chi connectivity index (χ3n) is 3.20. The molecule has 0 aliphatic rings. The van der Waals surface area contributed by atoms with Crippen molar-refractivity contribution in [3.05, 3.63) is 71.8 Å². The van der Waals surface area contributed by atoms with Crippen LogP contribution in [-0.2, 0) is 16.0 Å². The van der Waals surface area contributed by atoms with Crippen LogP contribution in [0.1, 0.15) is 22.8 Å². The first-order valence-corrected chi connectivity index (χ1v) is 7.27. The maximum Gasteiger partial charge on any atom is 0.328 e. The van der Waals surface area contributed by atoms with Crippen LogP contribution in [0.15, 0.2) is 60.7 Å². The third-order valence-corrected chi connectivity index (χ3v) is 3.20. The van der Waals surface area contributed by atoms with E-state index in [2.05, 4.69) is 5.32 Å². The third kappa shape index (κ3) is 4.45. The van der Waals surface area contributed by atoms with Crippen molar-refractivity contribution in [3.8, 4) is 0 Å². The van der Waals surface area contributed by atoms with Crippen LogP contribution in [0.25, 0.3) is 0 Å². The molecular weight excluding hydrogens is 281 g/mol. The average molecular weight is 300 g/mol. The van der Waals surface area contributed by atoms with E-state index in [9.17, 15) is 9.59 Å². The lowest BCUT2D eigenvalue weighted by Crippen LogP contribution is -2.43. The van der Waals surface area contributed by atoms with Crippen molar-refractivity contribution in [3.63, 3.8) is 0 Å². The van der Waals surface area contributed by atoms with Crippen molar-refractivity contribution in [1.82, 2.24) is 5.32 Å². The lowest BCUT2D eigenvalue weighted by Gasteiger charge is -2.17. The number of nitrogens with one attached hydrogen (secondary N) is 1. The standard InChI is InChI=1S/C18H19NO3/c1-2-22-18(21)16(13-14-9-5-3-6-10-14)19-17(20)15-11-7-4-8-12-15/h3-12,16H,2,13H2,1H3,(H,19,20)/t16-/m0/s1/i16+1,18+1,19+1. The molecule has 0 radical (unpaired) electrons. The molecule has 114 valence electrons. The normalized spacial score (nSPS) is 11.5. The molecule has 2 aromatic rings. The molecule has 0 aliphatic heterocycles. The van der Waals surface area contributed by atoms with E-state index in [1.54, 1.807) is 31.2 Å². The summed E-state index contributed by atoms with van der Waals surface area (Å²) in [7, 11) is 0. The number of amides is 1. The molecular formula is C18H19NO3. The van der Waals surface area contributed by atoms with Gasteiger partial charge >= 0.3 is 5.97 Å². The first-order valence-electron chi connectivity index (χ1n) is 7.27. The summed E-state index contributed by atoms with van der Waals surface area (Å²) in [4.78, 5) is 24.3. The van der Waals surface area contributed by atoms with E-state index in [0.29, 0.717) is 12.0 Å². The minimum Gasteiger partial charge on any atom is -0.464 e. The molecule has 1 amide bonds. The molecule has 0 aliphatic carbocycles. The van der Waals surface area contributed by atoms with Crippen molar-refractivity contribution in [2.24, 2.45) is 0 Å². The molecule has 2 aromatic carbocycles. The van der Waals surface area contributed by atoms with Crippen LogP contribution in [0.4, 0.5) is 0 Å². The second-order valence-electron chi connectivity index (χ2n) is 4.83. The summed E-state index contributed by atoms with van der Waals surface area (Å²) in [6, 6.07) is 17.7. The molecule has 4 nitrogen and oxygen atoms in total. The zero-order valence-electron chi connectivity index (χ0n) is 12.5. The zero-order valence-corrected chi connectivity index (χ0v) is 12.5. The van der Waals surface area contributed by atoms with Crippen LogP contribution >= 0.6 is 0 Å². The average Bonchev–Trinajstić information content (AvgIpc) is 2.56. The molecule has 1 N–H and O–H groups in total. The van der Waals surface area contributed by atoms with Gasteiger partial charge in [-0.25, -0.2) is 4.79 Å². The molecule has 0 spiro atoms. The van der Waals surface area contributed by atoms with Crippen molar-refractivity contribution in [2.45, 2.75) is 19.4 Å². The van der Waals surface area contributed by atoms with E-state index in [1.807, 2.05) is 36.4 Å². The fraction of sp³-hybridized carbons (Fsp3) is 0.222. The van der Waals surface area contributed by atoms with Gasteiger partial charge in [0.15, 0.2) is 0 Å². The van der Waals surface area contributed by atoms with Crippen molar-refractivity contribution in [1.29, 1.82) is 0 Å². The fourth-order valence-electron chi connectivity index (χ4n) is 2.12. The Bertz CT molecular complexity index is 611. The molecule has 0 saturated heterocycles. The second kappa shape index (κ2) is 7.98. The van der Waals surface area contributed by atoms with E-state index >= 15 is 0 Å². The summed E-state index contributed by atoms with van der Waals surface area (Å²) < 4.78 is 5.06. The number of ether oxygens (including phenoxy) is 1. The topological polar surface area (TPSA) is 55.4 Å². The summed E-state index contributed by atoms with van der Waals surface area (Å²) in [5.74, 6) is -0.704. The van der Waals surface area contributed by atoms with Gasteiger partial charge in [0, 0.05) is 12.0 Å². The Morgan fingerprint density at radius 1 is 1.00 bits per heavy atom. The van der Waals surface area contributed by atoms with E-state index in [4.69, 9.17) is 4.74 Å². The summed E-state index contributed by atoms with van der Waals surface area (Å²) in [5, 5.41) is 2.75. The monoisotopic (exact) mass is 300 g/mol. The minimum atomic E-state index is -0.699. The van der Waals surface area contributed by atoms with Gasteiger partial charge in [0.05, 0.1) is 6.61 Å². The van der Waals surface area contributed by atoms with Crippen molar-refractivity contribution >= 4 is 11.9 Å². The highest BCUT2D eigenvalue weighted by Crippen LogP contribution is 2.07. The summed E-state index contributed by atoms with van der Waals surface area (Å²) in [5.41, 5.74) is 1.48. The van der Waals surface area contributed by atoms with Crippen LogP contribution < -0.4 is 5.32 Å². The molecule has 0 bridgehead atoms. The van der Waals surface area contributed by atoms with E-state index in [-0.39, 0.29) is 12.5 Å². The number of esters is 1. The van der Waals surface area contributed by atoms with Gasteiger partial charge in [0.1, 0.15) is 6.04 Å². The maximum atomic E-state index is 12.2. The number of hydrogen-bond donors (Lipinski definition) is 1. The Morgan fingerprint density at radius 3 is 2.18 bits per heavy atom. The fourth-order valence-corrected chi connectivity index (χ4v) is 2.12. The highest BCUT2D eigenvalue weighted by molar-refractivity contribution is 5.96. The molecule has 4 heteroatoms. The summed E-state index contributed by atoms with van der Waals surface area (Å²) >= 11 is 0. The molecule has 1 atom stereocenters. The molecule has 0 heterocycles. The molecule has 0 fully saturated rings. The lowest BCUT2D eigenvalue weighted by atomic mass is 10.2. The molecule has 0 saturated carbocycles. The molecule has 2 rings (SSSR count). The number of rotatable bonds is 6. The Balaban J connectivity index is 2.11. The predicted octanol–water partition coefficient (Wildman–Crippen LogP) is 2.59. The lowest BCUT2D eigenvalue weighted by molar-refractivity contribution is -0.145. The van der Waals surface area contributed by atoms with Crippen molar-refractivity contribution < 1.29 is 14.3 Å².